The molecule has 1 heterocycles. The summed E-state index contributed by atoms with van der Waals surface area (Å²) in [7, 11) is 0. The van der Waals surface area contributed by atoms with Crippen LogP contribution in [0.4, 0.5) is 0 Å². The molecule has 1 fully saturated rings. The Hall–Kier alpha value is -0.770. The summed E-state index contributed by atoms with van der Waals surface area (Å²) >= 11 is 0. The molecule has 0 aliphatic carbocycles. The van der Waals surface area contributed by atoms with E-state index in [1.807, 2.05) is 0 Å². The normalized spacial score (nSPS) is 18.9. The largest absolute Gasteiger partial charge is 0.370 e. The van der Waals surface area contributed by atoms with Crippen LogP contribution in [-0.4, -0.2) is 43.6 Å². The zero-order valence-corrected chi connectivity index (χ0v) is 12.1. The van der Waals surface area contributed by atoms with Gasteiger partial charge in [0.1, 0.15) is 0 Å². The Morgan fingerprint density at radius 2 is 1.89 bits per heavy atom. The van der Waals surface area contributed by atoms with Crippen LogP contribution in [0.15, 0.2) is 4.99 Å². The van der Waals surface area contributed by atoms with Crippen molar-refractivity contribution in [2.45, 2.75) is 46.0 Å². The lowest BCUT2D eigenvalue weighted by molar-refractivity contribution is 0.289. The summed E-state index contributed by atoms with van der Waals surface area (Å²) in [5, 5.41) is 3.21. The second-order valence-electron chi connectivity index (χ2n) is 5.63. The van der Waals surface area contributed by atoms with E-state index in [1.165, 1.54) is 38.8 Å². The smallest absolute Gasteiger partial charge is 0.188 e. The molecule has 1 rings (SSSR count). The summed E-state index contributed by atoms with van der Waals surface area (Å²) < 4.78 is 0. The van der Waals surface area contributed by atoms with Crippen molar-refractivity contribution >= 4 is 5.96 Å². The molecule has 0 spiro atoms. The number of aliphatic imine (C=N–C) groups is 1. The highest BCUT2D eigenvalue weighted by Gasteiger charge is 2.07. The van der Waals surface area contributed by atoms with Crippen molar-refractivity contribution < 1.29 is 0 Å². The van der Waals surface area contributed by atoms with Gasteiger partial charge in [0, 0.05) is 19.6 Å². The Labute approximate surface area is 112 Å². The van der Waals surface area contributed by atoms with Crippen LogP contribution >= 0.6 is 0 Å². The number of hydrogen-bond acceptors (Lipinski definition) is 2. The molecule has 0 amide bonds. The minimum Gasteiger partial charge on any atom is -0.370 e. The number of nitrogens with two attached hydrogens (primary N) is 1. The van der Waals surface area contributed by atoms with Gasteiger partial charge in [-0.2, -0.15) is 0 Å². The van der Waals surface area contributed by atoms with Crippen molar-refractivity contribution in [3.8, 4) is 0 Å². The molecular formula is C14H30N4. The lowest BCUT2D eigenvalue weighted by Gasteiger charge is -2.19. The van der Waals surface area contributed by atoms with Crippen LogP contribution in [0.2, 0.25) is 0 Å². The molecule has 0 atom stereocenters. The SMILES string of the molecule is CC(C)CCN=C(N)NCCN1CCCCCC1. The third-order valence-electron chi connectivity index (χ3n) is 3.42. The first-order chi connectivity index (χ1) is 8.68. The molecule has 18 heavy (non-hydrogen) atoms. The van der Waals surface area contributed by atoms with E-state index in [2.05, 4.69) is 29.1 Å². The number of nitrogens with zero attached hydrogens (tertiary/aromatic N) is 2. The summed E-state index contributed by atoms with van der Waals surface area (Å²) in [5.74, 6) is 1.30. The van der Waals surface area contributed by atoms with Gasteiger partial charge in [-0.1, -0.05) is 26.7 Å². The molecule has 1 aliphatic heterocycles. The van der Waals surface area contributed by atoms with Crippen LogP contribution < -0.4 is 11.1 Å². The first-order valence-corrected chi connectivity index (χ1v) is 7.44. The fourth-order valence-corrected chi connectivity index (χ4v) is 2.20. The summed E-state index contributed by atoms with van der Waals surface area (Å²) in [5.41, 5.74) is 5.83. The van der Waals surface area contributed by atoms with E-state index in [0.717, 1.165) is 26.1 Å². The zero-order valence-electron chi connectivity index (χ0n) is 12.1. The van der Waals surface area contributed by atoms with Crippen molar-refractivity contribution in [2.75, 3.05) is 32.7 Å². The molecular weight excluding hydrogens is 224 g/mol. The van der Waals surface area contributed by atoms with E-state index in [1.54, 1.807) is 0 Å². The summed E-state index contributed by atoms with van der Waals surface area (Å²) in [4.78, 5) is 6.86. The fourth-order valence-electron chi connectivity index (χ4n) is 2.20. The molecule has 0 unspecified atom stereocenters. The first kappa shape index (κ1) is 15.3. The van der Waals surface area contributed by atoms with Crippen LogP contribution in [-0.2, 0) is 0 Å². The molecule has 0 bridgehead atoms. The Kier molecular flexibility index (Phi) is 7.81. The molecule has 3 N–H and O–H groups in total. The number of nitrogens with one attached hydrogen (secondary N) is 1. The Bertz CT molecular complexity index is 230. The topological polar surface area (TPSA) is 53.6 Å². The Morgan fingerprint density at radius 3 is 2.50 bits per heavy atom. The highest BCUT2D eigenvalue weighted by atomic mass is 15.2. The van der Waals surface area contributed by atoms with E-state index in [-0.39, 0.29) is 0 Å². The second-order valence-corrected chi connectivity index (χ2v) is 5.63. The van der Waals surface area contributed by atoms with Gasteiger partial charge in [0.2, 0.25) is 0 Å². The fraction of sp³-hybridized carbons (Fsp3) is 0.929. The molecule has 0 aromatic heterocycles. The maximum Gasteiger partial charge on any atom is 0.188 e. The van der Waals surface area contributed by atoms with Crippen molar-refractivity contribution in [3.63, 3.8) is 0 Å². The monoisotopic (exact) mass is 254 g/mol. The number of rotatable bonds is 6. The summed E-state index contributed by atoms with van der Waals surface area (Å²) in [6.45, 7) is 9.73. The molecule has 106 valence electrons. The maximum absolute atomic E-state index is 5.83. The summed E-state index contributed by atoms with van der Waals surface area (Å²) in [6, 6.07) is 0. The van der Waals surface area contributed by atoms with Gasteiger partial charge in [0.15, 0.2) is 5.96 Å². The van der Waals surface area contributed by atoms with Gasteiger partial charge in [-0.05, 0) is 38.3 Å². The average molecular weight is 254 g/mol. The van der Waals surface area contributed by atoms with Crippen molar-refractivity contribution in [2.24, 2.45) is 16.6 Å². The minimum atomic E-state index is 0.602. The van der Waals surface area contributed by atoms with Gasteiger partial charge >= 0.3 is 0 Å². The van der Waals surface area contributed by atoms with Gasteiger partial charge in [-0.3, -0.25) is 4.99 Å². The minimum absolute atomic E-state index is 0.602. The van der Waals surface area contributed by atoms with Gasteiger partial charge in [-0.15, -0.1) is 0 Å². The molecule has 1 saturated heterocycles. The van der Waals surface area contributed by atoms with Gasteiger partial charge < -0.3 is 16.0 Å². The van der Waals surface area contributed by atoms with Gasteiger partial charge in [0.05, 0.1) is 0 Å². The van der Waals surface area contributed by atoms with Gasteiger partial charge in [0.25, 0.3) is 0 Å². The van der Waals surface area contributed by atoms with Crippen LogP contribution in [0.25, 0.3) is 0 Å². The molecule has 4 heteroatoms. The maximum atomic E-state index is 5.83. The van der Waals surface area contributed by atoms with Crippen molar-refractivity contribution in [1.82, 2.24) is 10.2 Å². The van der Waals surface area contributed by atoms with Crippen LogP contribution in [0.5, 0.6) is 0 Å². The predicted octanol–water partition coefficient (Wildman–Crippen LogP) is 1.81. The second kappa shape index (κ2) is 9.20. The number of likely N-dealkylation sites (tertiary alicyclic amines) is 1. The van der Waals surface area contributed by atoms with E-state index in [9.17, 15) is 0 Å². The van der Waals surface area contributed by atoms with Crippen LogP contribution in [0.3, 0.4) is 0 Å². The number of guanidine groups is 1. The van der Waals surface area contributed by atoms with Crippen molar-refractivity contribution in [1.29, 1.82) is 0 Å². The Morgan fingerprint density at radius 1 is 1.22 bits per heavy atom. The Balaban J connectivity index is 2.08. The third-order valence-corrected chi connectivity index (χ3v) is 3.42. The van der Waals surface area contributed by atoms with E-state index >= 15 is 0 Å². The average Bonchev–Trinajstić information content (AvgIpc) is 2.57. The standard InChI is InChI=1S/C14H30N4/c1-13(2)7-8-16-14(15)17-9-12-18-10-5-3-4-6-11-18/h13H,3-12H2,1-2H3,(H3,15,16,17). The van der Waals surface area contributed by atoms with E-state index < -0.39 is 0 Å². The van der Waals surface area contributed by atoms with Crippen molar-refractivity contribution in [3.05, 3.63) is 0 Å². The van der Waals surface area contributed by atoms with Crippen LogP contribution in [0, 0.1) is 5.92 Å². The molecule has 4 nitrogen and oxygen atoms in total. The quantitative estimate of drug-likeness (QED) is 0.561. The van der Waals surface area contributed by atoms with E-state index in [0.29, 0.717) is 11.9 Å². The molecule has 0 saturated carbocycles. The first-order valence-electron chi connectivity index (χ1n) is 7.44. The zero-order chi connectivity index (χ0) is 13.2. The van der Waals surface area contributed by atoms with Crippen LogP contribution in [0.1, 0.15) is 46.0 Å². The molecule has 0 aromatic rings. The highest BCUT2D eigenvalue weighted by molar-refractivity contribution is 5.77. The highest BCUT2D eigenvalue weighted by Crippen LogP contribution is 2.08. The molecule has 1 aliphatic rings. The van der Waals surface area contributed by atoms with E-state index in [4.69, 9.17) is 5.73 Å². The number of hydrogen-bond donors (Lipinski definition) is 2. The molecule has 0 radical (unpaired) electrons. The lowest BCUT2D eigenvalue weighted by atomic mass is 10.1. The lowest BCUT2D eigenvalue weighted by Crippen LogP contribution is -2.39. The molecule has 0 aromatic carbocycles. The van der Waals surface area contributed by atoms with Gasteiger partial charge in [-0.25, -0.2) is 0 Å². The summed E-state index contributed by atoms with van der Waals surface area (Å²) in [6.07, 6.45) is 6.58. The third kappa shape index (κ3) is 7.54. The predicted molar refractivity (Wildman–Crippen MR) is 78.9 cm³/mol.